The van der Waals surface area contributed by atoms with Crippen LogP contribution >= 0.6 is 0 Å². The van der Waals surface area contributed by atoms with E-state index >= 15 is 0 Å². The average molecular weight is 323 g/mol. The molecule has 0 radical (unpaired) electrons. The number of halogens is 3. The summed E-state index contributed by atoms with van der Waals surface area (Å²) in [5, 5.41) is 7.92. The van der Waals surface area contributed by atoms with Crippen molar-refractivity contribution in [3.63, 3.8) is 0 Å². The lowest BCUT2D eigenvalue weighted by molar-refractivity contribution is -0.182. The summed E-state index contributed by atoms with van der Waals surface area (Å²) in [4.78, 5) is 0. The molecule has 118 valence electrons. The van der Waals surface area contributed by atoms with Gasteiger partial charge in [-0.25, -0.2) is 8.42 Å². The lowest BCUT2D eigenvalue weighted by Crippen LogP contribution is -2.33. The number of rotatable bonds is 2. The second kappa shape index (κ2) is 4.96. The van der Waals surface area contributed by atoms with E-state index in [0.29, 0.717) is 24.5 Å². The zero-order chi connectivity index (χ0) is 15.3. The van der Waals surface area contributed by atoms with E-state index in [-0.39, 0.29) is 36.8 Å². The van der Waals surface area contributed by atoms with Crippen LogP contribution in [0.4, 0.5) is 13.2 Å². The standard InChI is InChI=1S/C12H16F3N3O2S/c13-12(14,15)9-1-2-10-16-17-11(18(10)6-9)5-8-3-4-21(19,20)7-8/h8-9H,1-7H2. The zero-order valence-electron chi connectivity index (χ0n) is 11.3. The van der Waals surface area contributed by atoms with E-state index in [1.165, 1.54) is 4.57 Å². The molecular formula is C12H16F3N3O2S. The van der Waals surface area contributed by atoms with Crippen LogP contribution < -0.4 is 0 Å². The topological polar surface area (TPSA) is 64.8 Å². The molecule has 9 heteroatoms. The summed E-state index contributed by atoms with van der Waals surface area (Å²) < 4.78 is 63.0. The van der Waals surface area contributed by atoms with Gasteiger partial charge in [0.2, 0.25) is 0 Å². The Kier molecular flexibility index (Phi) is 3.50. The van der Waals surface area contributed by atoms with Gasteiger partial charge in [-0.3, -0.25) is 0 Å². The summed E-state index contributed by atoms with van der Waals surface area (Å²) >= 11 is 0. The summed E-state index contributed by atoms with van der Waals surface area (Å²) in [6, 6.07) is 0. The van der Waals surface area contributed by atoms with E-state index in [1.807, 2.05) is 0 Å². The number of hydrogen-bond acceptors (Lipinski definition) is 4. The van der Waals surface area contributed by atoms with Gasteiger partial charge in [0.25, 0.3) is 0 Å². The number of alkyl halides is 3. The summed E-state index contributed by atoms with van der Waals surface area (Å²) in [6.07, 6.45) is -2.97. The van der Waals surface area contributed by atoms with Gasteiger partial charge in [0.15, 0.2) is 9.84 Å². The third kappa shape index (κ3) is 3.07. The largest absolute Gasteiger partial charge is 0.393 e. The van der Waals surface area contributed by atoms with Crippen molar-refractivity contribution in [1.82, 2.24) is 14.8 Å². The van der Waals surface area contributed by atoms with Crippen molar-refractivity contribution in [2.45, 2.75) is 38.4 Å². The molecule has 0 spiro atoms. The molecule has 0 aromatic carbocycles. The van der Waals surface area contributed by atoms with Gasteiger partial charge in [-0.1, -0.05) is 0 Å². The monoisotopic (exact) mass is 323 g/mol. The summed E-state index contributed by atoms with van der Waals surface area (Å²) in [6.45, 7) is -0.152. The molecule has 5 nitrogen and oxygen atoms in total. The Morgan fingerprint density at radius 3 is 2.62 bits per heavy atom. The van der Waals surface area contributed by atoms with Crippen LogP contribution in [0.3, 0.4) is 0 Å². The Hall–Kier alpha value is -1.12. The Morgan fingerprint density at radius 2 is 2.00 bits per heavy atom. The van der Waals surface area contributed by atoms with Gasteiger partial charge in [0.05, 0.1) is 17.4 Å². The van der Waals surface area contributed by atoms with Crippen LogP contribution in [0.25, 0.3) is 0 Å². The third-order valence-electron chi connectivity index (χ3n) is 4.28. The molecule has 1 fully saturated rings. The fourth-order valence-corrected chi connectivity index (χ4v) is 4.95. The molecule has 0 bridgehead atoms. The second-order valence-electron chi connectivity index (χ2n) is 5.89. The first kappa shape index (κ1) is 14.8. The number of nitrogens with zero attached hydrogens (tertiary/aromatic N) is 3. The highest BCUT2D eigenvalue weighted by Crippen LogP contribution is 2.35. The lowest BCUT2D eigenvalue weighted by atomic mass is 9.98. The summed E-state index contributed by atoms with van der Waals surface area (Å²) in [7, 11) is -2.99. The fourth-order valence-electron chi connectivity index (χ4n) is 3.09. The molecular weight excluding hydrogens is 307 g/mol. The molecule has 0 aliphatic carbocycles. The number of fused-ring (bicyclic) bond motifs is 1. The van der Waals surface area contributed by atoms with Crippen molar-refractivity contribution in [2.24, 2.45) is 11.8 Å². The first-order chi connectivity index (χ1) is 9.74. The normalized spacial score (nSPS) is 28.5. The smallest absolute Gasteiger partial charge is 0.314 e. The van der Waals surface area contributed by atoms with E-state index in [4.69, 9.17) is 0 Å². The highest BCUT2D eigenvalue weighted by Gasteiger charge is 2.42. The number of aromatic nitrogens is 3. The van der Waals surface area contributed by atoms with Crippen LogP contribution in [-0.4, -0.2) is 40.9 Å². The predicted octanol–water partition coefficient (Wildman–Crippen LogP) is 1.38. The molecule has 3 heterocycles. The molecule has 0 amide bonds. The SMILES string of the molecule is O=S1(=O)CCC(Cc2nnc3n2CC(C(F)(F)F)CC3)C1. The van der Waals surface area contributed by atoms with Crippen LogP contribution in [0.2, 0.25) is 0 Å². The molecule has 2 aliphatic heterocycles. The molecule has 1 aromatic rings. The van der Waals surface area contributed by atoms with Crippen molar-refractivity contribution < 1.29 is 21.6 Å². The van der Waals surface area contributed by atoms with E-state index in [0.717, 1.165) is 0 Å². The Labute approximate surface area is 120 Å². The fraction of sp³-hybridized carbons (Fsp3) is 0.833. The Bertz CT molecular complexity index is 639. The lowest BCUT2D eigenvalue weighted by Gasteiger charge is -2.26. The van der Waals surface area contributed by atoms with Gasteiger partial charge >= 0.3 is 6.18 Å². The molecule has 0 saturated carbocycles. The van der Waals surface area contributed by atoms with Crippen molar-refractivity contribution in [1.29, 1.82) is 0 Å². The Balaban J connectivity index is 1.76. The minimum atomic E-state index is -4.21. The van der Waals surface area contributed by atoms with Crippen LogP contribution in [-0.2, 0) is 29.2 Å². The maximum absolute atomic E-state index is 12.8. The minimum absolute atomic E-state index is 0.0411. The Morgan fingerprint density at radius 1 is 1.24 bits per heavy atom. The molecule has 2 aliphatic rings. The maximum atomic E-state index is 12.8. The molecule has 1 aromatic heterocycles. The third-order valence-corrected chi connectivity index (χ3v) is 6.12. The molecule has 1 saturated heterocycles. The minimum Gasteiger partial charge on any atom is -0.314 e. The van der Waals surface area contributed by atoms with E-state index in [2.05, 4.69) is 10.2 Å². The second-order valence-corrected chi connectivity index (χ2v) is 8.12. The van der Waals surface area contributed by atoms with E-state index in [1.54, 1.807) is 0 Å². The van der Waals surface area contributed by atoms with Crippen molar-refractivity contribution in [2.75, 3.05) is 11.5 Å². The zero-order valence-corrected chi connectivity index (χ0v) is 12.1. The quantitative estimate of drug-likeness (QED) is 0.825. The van der Waals surface area contributed by atoms with Gasteiger partial charge in [-0.15, -0.1) is 10.2 Å². The maximum Gasteiger partial charge on any atom is 0.393 e. The number of sulfone groups is 1. The molecule has 0 N–H and O–H groups in total. The number of aryl methyl sites for hydroxylation is 1. The van der Waals surface area contributed by atoms with Gasteiger partial charge in [-0.2, -0.15) is 13.2 Å². The van der Waals surface area contributed by atoms with Crippen LogP contribution in [0.5, 0.6) is 0 Å². The van der Waals surface area contributed by atoms with E-state index < -0.39 is 21.9 Å². The molecule has 2 unspecified atom stereocenters. The van der Waals surface area contributed by atoms with Gasteiger partial charge in [0.1, 0.15) is 11.6 Å². The van der Waals surface area contributed by atoms with Crippen LogP contribution in [0.1, 0.15) is 24.5 Å². The van der Waals surface area contributed by atoms with Crippen LogP contribution in [0, 0.1) is 11.8 Å². The number of hydrogen-bond donors (Lipinski definition) is 0. The predicted molar refractivity (Wildman–Crippen MR) is 68.4 cm³/mol. The highest BCUT2D eigenvalue weighted by molar-refractivity contribution is 7.91. The molecule has 21 heavy (non-hydrogen) atoms. The van der Waals surface area contributed by atoms with Gasteiger partial charge < -0.3 is 4.57 Å². The van der Waals surface area contributed by atoms with Crippen molar-refractivity contribution >= 4 is 9.84 Å². The molecule has 3 rings (SSSR count). The average Bonchev–Trinajstić information content (AvgIpc) is 2.92. The summed E-state index contributed by atoms with van der Waals surface area (Å²) in [5.74, 6) is -0.115. The van der Waals surface area contributed by atoms with Crippen molar-refractivity contribution in [3.05, 3.63) is 11.6 Å². The molecule has 2 atom stereocenters. The van der Waals surface area contributed by atoms with E-state index in [9.17, 15) is 21.6 Å². The van der Waals surface area contributed by atoms with Gasteiger partial charge in [-0.05, 0) is 18.8 Å². The highest BCUT2D eigenvalue weighted by atomic mass is 32.2. The van der Waals surface area contributed by atoms with Crippen molar-refractivity contribution in [3.8, 4) is 0 Å². The first-order valence-corrected chi connectivity index (χ1v) is 8.75. The first-order valence-electron chi connectivity index (χ1n) is 6.93. The summed E-state index contributed by atoms with van der Waals surface area (Å²) in [5.41, 5.74) is 0. The van der Waals surface area contributed by atoms with Crippen LogP contribution in [0.15, 0.2) is 0 Å². The van der Waals surface area contributed by atoms with Gasteiger partial charge in [0, 0.05) is 19.4 Å².